The zero-order chi connectivity index (χ0) is 16.8. The number of rotatable bonds is 7. The Morgan fingerprint density at radius 2 is 2.09 bits per heavy atom. The number of carbonyl (C=O) groups excluding carboxylic acids is 1. The molecule has 1 saturated heterocycles. The lowest BCUT2D eigenvalue weighted by atomic mass is 9.94. The molecule has 0 spiro atoms. The molecule has 0 saturated carbocycles. The van der Waals surface area contributed by atoms with Gasteiger partial charge in [-0.05, 0) is 18.4 Å². The Kier molecular flexibility index (Phi) is 6.38. The van der Waals surface area contributed by atoms with Gasteiger partial charge in [-0.15, -0.1) is 0 Å². The van der Waals surface area contributed by atoms with Gasteiger partial charge in [-0.25, -0.2) is 5.43 Å². The molecule has 128 valence electrons. The lowest BCUT2D eigenvalue weighted by molar-refractivity contribution is -0.135. The highest BCUT2D eigenvalue weighted by Gasteiger charge is 2.38. The van der Waals surface area contributed by atoms with Crippen LogP contribution in [0.5, 0.6) is 5.75 Å². The number of benzene rings is 1. The predicted molar refractivity (Wildman–Crippen MR) is 88.8 cm³/mol. The molecule has 1 fully saturated rings. The quantitative estimate of drug-likeness (QED) is 0.696. The number of aliphatic hydroxyl groups excluding tert-OH is 1. The number of amides is 1. The first kappa shape index (κ1) is 17.7. The number of carbonyl (C=O) groups is 1. The van der Waals surface area contributed by atoms with E-state index in [9.17, 15) is 9.90 Å². The van der Waals surface area contributed by atoms with E-state index in [2.05, 4.69) is 24.7 Å². The summed E-state index contributed by atoms with van der Waals surface area (Å²) in [5, 5.41) is 9.34. The molecule has 3 atom stereocenters. The van der Waals surface area contributed by atoms with Crippen LogP contribution in [-0.4, -0.2) is 48.3 Å². The molecule has 3 N–H and O–H groups in total. The maximum Gasteiger partial charge on any atom is 0.241 e. The molecule has 1 amide bonds. The van der Waals surface area contributed by atoms with Crippen molar-refractivity contribution >= 4 is 5.91 Å². The maximum absolute atomic E-state index is 12.9. The zero-order valence-electron chi connectivity index (χ0n) is 14.1. The number of hydrogen-bond donors (Lipinski definition) is 3. The normalized spacial score (nSPS) is 23.7. The SMILES string of the molecule is CCC1NNC(C(=O)N(CCO)Cc2ccccc2OC)C1C. The molecular formula is C17H27N3O3. The average Bonchev–Trinajstić information content (AvgIpc) is 2.95. The molecule has 1 aromatic rings. The summed E-state index contributed by atoms with van der Waals surface area (Å²) in [7, 11) is 1.62. The van der Waals surface area contributed by atoms with Gasteiger partial charge in [0.25, 0.3) is 0 Å². The van der Waals surface area contributed by atoms with Gasteiger partial charge in [-0.1, -0.05) is 32.0 Å². The summed E-state index contributed by atoms with van der Waals surface area (Å²) in [6, 6.07) is 7.64. The Morgan fingerprint density at radius 1 is 1.35 bits per heavy atom. The fourth-order valence-corrected chi connectivity index (χ4v) is 3.08. The molecule has 6 heteroatoms. The number of nitrogens with one attached hydrogen (secondary N) is 2. The van der Waals surface area contributed by atoms with Crippen LogP contribution in [0.25, 0.3) is 0 Å². The van der Waals surface area contributed by atoms with Crippen molar-refractivity contribution in [3.63, 3.8) is 0 Å². The van der Waals surface area contributed by atoms with Crippen molar-refractivity contribution in [1.82, 2.24) is 15.8 Å². The second kappa shape index (κ2) is 8.29. The molecule has 1 aliphatic rings. The van der Waals surface area contributed by atoms with E-state index in [1.54, 1.807) is 12.0 Å². The monoisotopic (exact) mass is 321 g/mol. The Hall–Kier alpha value is -1.63. The number of methoxy groups -OCH3 is 1. The molecule has 1 aliphatic heterocycles. The highest BCUT2D eigenvalue weighted by molar-refractivity contribution is 5.82. The lowest BCUT2D eigenvalue weighted by Gasteiger charge is -2.27. The molecule has 0 aromatic heterocycles. The van der Waals surface area contributed by atoms with E-state index in [1.807, 2.05) is 24.3 Å². The average molecular weight is 321 g/mol. The Balaban J connectivity index is 2.13. The van der Waals surface area contributed by atoms with Crippen molar-refractivity contribution in [3.05, 3.63) is 29.8 Å². The van der Waals surface area contributed by atoms with E-state index in [4.69, 9.17) is 4.74 Å². The smallest absolute Gasteiger partial charge is 0.241 e. The third-order valence-electron chi connectivity index (χ3n) is 4.53. The van der Waals surface area contributed by atoms with Gasteiger partial charge in [-0.2, -0.15) is 0 Å². The van der Waals surface area contributed by atoms with Crippen LogP contribution in [0, 0.1) is 5.92 Å². The van der Waals surface area contributed by atoms with Gasteiger partial charge < -0.3 is 14.7 Å². The summed E-state index contributed by atoms with van der Waals surface area (Å²) in [5.41, 5.74) is 7.22. The van der Waals surface area contributed by atoms with Crippen LogP contribution in [-0.2, 0) is 11.3 Å². The lowest BCUT2D eigenvalue weighted by Crippen LogP contribution is -2.48. The van der Waals surface area contributed by atoms with Gasteiger partial charge in [0.15, 0.2) is 0 Å². The fourth-order valence-electron chi connectivity index (χ4n) is 3.08. The predicted octanol–water partition coefficient (Wildman–Crippen LogP) is 0.907. The van der Waals surface area contributed by atoms with Crippen LogP contribution in [0.2, 0.25) is 0 Å². The molecule has 0 aliphatic carbocycles. The van der Waals surface area contributed by atoms with Crippen molar-refractivity contribution < 1.29 is 14.6 Å². The second-order valence-corrected chi connectivity index (χ2v) is 5.94. The molecule has 1 aromatic carbocycles. The topological polar surface area (TPSA) is 73.8 Å². The molecule has 0 radical (unpaired) electrons. The third kappa shape index (κ3) is 4.02. The van der Waals surface area contributed by atoms with Gasteiger partial charge in [0.1, 0.15) is 11.8 Å². The summed E-state index contributed by atoms with van der Waals surface area (Å²) in [6.45, 7) is 4.84. The number of ether oxygens (including phenoxy) is 1. The van der Waals surface area contributed by atoms with E-state index in [-0.39, 0.29) is 30.5 Å². The number of para-hydroxylation sites is 1. The highest BCUT2D eigenvalue weighted by Crippen LogP contribution is 2.22. The summed E-state index contributed by atoms with van der Waals surface area (Å²) in [4.78, 5) is 14.6. The van der Waals surface area contributed by atoms with E-state index in [1.165, 1.54) is 0 Å². The molecule has 2 rings (SSSR count). The molecule has 6 nitrogen and oxygen atoms in total. The van der Waals surface area contributed by atoms with E-state index < -0.39 is 0 Å². The van der Waals surface area contributed by atoms with Crippen LogP contribution in [0.4, 0.5) is 0 Å². The first-order valence-electron chi connectivity index (χ1n) is 8.15. The highest BCUT2D eigenvalue weighted by atomic mass is 16.5. The standard InChI is InChI=1S/C17H27N3O3/c1-4-14-12(2)16(19-18-14)17(22)20(9-10-21)11-13-7-5-6-8-15(13)23-3/h5-8,12,14,16,18-19,21H,4,9-11H2,1-3H3. The third-order valence-corrected chi connectivity index (χ3v) is 4.53. The van der Waals surface area contributed by atoms with Crippen LogP contribution < -0.4 is 15.6 Å². The van der Waals surface area contributed by atoms with Crippen LogP contribution in [0.1, 0.15) is 25.8 Å². The Labute approximate surface area is 137 Å². The molecule has 3 unspecified atom stereocenters. The van der Waals surface area contributed by atoms with Crippen molar-refractivity contribution in [2.75, 3.05) is 20.3 Å². The molecular weight excluding hydrogens is 294 g/mol. The number of aliphatic hydroxyl groups is 1. The van der Waals surface area contributed by atoms with Gasteiger partial charge in [0.05, 0.1) is 13.7 Å². The minimum atomic E-state index is -0.277. The molecule has 0 bridgehead atoms. The van der Waals surface area contributed by atoms with E-state index in [0.717, 1.165) is 17.7 Å². The van der Waals surface area contributed by atoms with Gasteiger partial charge in [0.2, 0.25) is 5.91 Å². The Morgan fingerprint density at radius 3 is 2.70 bits per heavy atom. The minimum Gasteiger partial charge on any atom is -0.496 e. The van der Waals surface area contributed by atoms with Crippen LogP contribution in [0.3, 0.4) is 0 Å². The number of hydrogen-bond acceptors (Lipinski definition) is 5. The summed E-state index contributed by atoms with van der Waals surface area (Å²) in [6.07, 6.45) is 0.963. The molecule has 23 heavy (non-hydrogen) atoms. The summed E-state index contributed by atoms with van der Waals surface area (Å²) in [5.74, 6) is 0.951. The van der Waals surface area contributed by atoms with Crippen molar-refractivity contribution in [3.8, 4) is 5.75 Å². The first-order valence-corrected chi connectivity index (χ1v) is 8.15. The summed E-state index contributed by atoms with van der Waals surface area (Å²) < 4.78 is 5.36. The first-order chi connectivity index (χ1) is 11.1. The van der Waals surface area contributed by atoms with E-state index >= 15 is 0 Å². The van der Waals surface area contributed by atoms with Crippen molar-refractivity contribution in [1.29, 1.82) is 0 Å². The van der Waals surface area contributed by atoms with Crippen molar-refractivity contribution in [2.24, 2.45) is 5.92 Å². The summed E-state index contributed by atoms with van der Waals surface area (Å²) >= 11 is 0. The van der Waals surface area contributed by atoms with Crippen LogP contribution >= 0.6 is 0 Å². The Bertz CT molecular complexity index is 524. The fraction of sp³-hybridized carbons (Fsp3) is 0.588. The van der Waals surface area contributed by atoms with E-state index in [0.29, 0.717) is 13.1 Å². The number of nitrogens with zero attached hydrogens (tertiary/aromatic N) is 1. The van der Waals surface area contributed by atoms with Crippen molar-refractivity contribution in [2.45, 2.75) is 38.9 Å². The van der Waals surface area contributed by atoms with Gasteiger partial charge >= 0.3 is 0 Å². The zero-order valence-corrected chi connectivity index (χ0v) is 14.1. The van der Waals surface area contributed by atoms with Gasteiger partial charge in [-0.3, -0.25) is 10.2 Å². The molecule has 1 heterocycles. The largest absolute Gasteiger partial charge is 0.496 e. The minimum absolute atomic E-state index is 0.000839. The maximum atomic E-state index is 12.9. The van der Waals surface area contributed by atoms with Gasteiger partial charge in [0, 0.05) is 24.7 Å². The number of hydrazine groups is 1. The van der Waals surface area contributed by atoms with Crippen LogP contribution in [0.15, 0.2) is 24.3 Å². The second-order valence-electron chi connectivity index (χ2n) is 5.94.